The zero-order valence-corrected chi connectivity index (χ0v) is 17.9. The number of carboxylic acid groups (broad SMARTS) is 1. The third-order valence-electron chi connectivity index (χ3n) is 7.02. The summed E-state index contributed by atoms with van der Waals surface area (Å²) in [5.74, 6) is -0.309. The minimum atomic E-state index is -0.857. The monoisotopic (exact) mass is 402 g/mol. The van der Waals surface area contributed by atoms with Crippen LogP contribution in [0.5, 0.6) is 0 Å². The van der Waals surface area contributed by atoms with Crippen LogP contribution < -0.4 is 4.90 Å². The molecule has 5 rings (SSSR count). The van der Waals surface area contributed by atoms with Gasteiger partial charge in [-0.05, 0) is 56.4 Å². The van der Waals surface area contributed by atoms with Crippen LogP contribution in [0.25, 0.3) is 22.2 Å². The van der Waals surface area contributed by atoms with Crippen molar-refractivity contribution in [3.63, 3.8) is 0 Å². The Kier molecular flexibility index (Phi) is 4.80. The van der Waals surface area contributed by atoms with Crippen LogP contribution >= 0.6 is 0 Å². The lowest BCUT2D eigenvalue weighted by molar-refractivity contribution is 0.0697. The molecule has 0 spiro atoms. The molecular weight excluding hydrogens is 372 g/mol. The number of carbonyl (C=O) groups is 1. The molecule has 1 N–H and O–H groups in total. The summed E-state index contributed by atoms with van der Waals surface area (Å²) in [7, 11) is 0. The van der Waals surface area contributed by atoms with Gasteiger partial charge in [0.2, 0.25) is 0 Å². The van der Waals surface area contributed by atoms with Crippen molar-refractivity contribution in [1.29, 1.82) is 0 Å². The van der Waals surface area contributed by atoms with Crippen molar-refractivity contribution in [2.24, 2.45) is 0 Å². The molecule has 0 saturated heterocycles. The van der Waals surface area contributed by atoms with Crippen molar-refractivity contribution in [2.75, 3.05) is 11.4 Å². The molecule has 1 fully saturated rings. The van der Waals surface area contributed by atoms with Crippen molar-refractivity contribution in [3.05, 3.63) is 53.6 Å². The standard InChI is InChI=1S/C26H30N2O2/c1-17(2)27-14-15-28-23-16-19(26(29)30)12-13-20(23)24(18-8-4-3-5-9-18)25(28)21-10-6-7-11-22(21)27/h6-7,10-13,16-18H,3-5,8-9,14-15H2,1-2H3,(H,29,30). The maximum Gasteiger partial charge on any atom is 0.335 e. The summed E-state index contributed by atoms with van der Waals surface area (Å²) in [6.07, 6.45) is 6.34. The van der Waals surface area contributed by atoms with Gasteiger partial charge in [-0.15, -0.1) is 0 Å². The predicted octanol–water partition coefficient (Wildman–Crippen LogP) is 6.28. The van der Waals surface area contributed by atoms with E-state index in [0.29, 0.717) is 17.5 Å². The number of benzene rings is 2. The predicted molar refractivity (Wildman–Crippen MR) is 123 cm³/mol. The van der Waals surface area contributed by atoms with Gasteiger partial charge in [0.1, 0.15) is 0 Å². The number of hydrogen-bond acceptors (Lipinski definition) is 2. The first-order valence-electron chi connectivity index (χ1n) is 11.3. The molecule has 0 radical (unpaired) electrons. The van der Waals surface area contributed by atoms with Gasteiger partial charge in [0.15, 0.2) is 0 Å². The molecular formula is C26H30N2O2. The van der Waals surface area contributed by atoms with Crippen molar-refractivity contribution < 1.29 is 9.90 Å². The van der Waals surface area contributed by atoms with Crippen LogP contribution in [-0.2, 0) is 6.54 Å². The maximum absolute atomic E-state index is 11.7. The molecule has 2 aliphatic rings. The van der Waals surface area contributed by atoms with Gasteiger partial charge in [0.25, 0.3) is 0 Å². The number of para-hydroxylation sites is 1. The highest BCUT2D eigenvalue weighted by Crippen LogP contribution is 2.47. The summed E-state index contributed by atoms with van der Waals surface area (Å²) < 4.78 is 2.41. The third kappa shape index (κ3) is 3.01. The van der Waals surface area contributed by atoms with Gasteiger partial charge >= 0.3 is 5.97 Å². The van der Waals surface area contributed by atoms with E-state index >= 15 is 0 Å². The summed E-state index contributed by atoms with van der Waals surface area (Å²) in [5, 5.41) is 10.9. The lowest BCUT2D eigenvalue weighted by Gasteiger charge is -2.29. The maximum atomic E-state index is 11.7. The van der Waals surface area contributed by atoms with Crippen LogP contribution in [0.1, 0.15) is 67.8 Å². The number of aromatic nitrogens is 1. The first-order valence-corrected chi connectivity index (χ1v) is 11.3. The quantitative estimate of drug-likeness (QED) is 0.560. The second-order valence-corrected chi connectivity index (χ2v) is 9.09. The lowest BCUT2D eigenvalue weighted by atomic mass is 9.81. The zero-order chi connectivity index (χ0) is 20.8. The Balaban J connectivity index is 1.83. The molecule has 2 heterocycles. The zero-order valence-electron chi connectivity index (χ0n) is 17.9. The van der Waals surface area contributed by atoms with E-state index in [1.807, 2.05) is 6.07 Å². The van der Waals surface area contributed by atoms with E-state index < -0.39 is 5.97 Å². The molecule has 0 atom stereocenters. The van der Waals surface area contributed by atoms with Crippen molar-refractivity contribution >= 4 is 22.6 Å². The van der Waals surface area contributed by atoms with Crippen LogP contribution in [-0.4, -0.2) is 28.2 Å². The molecule has 1 aliphatic carbocycles. The smallest absolute Gasteiger partial charge is 0.335 e. The highest BCUT2D eigenvalue weighted by Gasteiger charge is 2.30. The largest absolute Gasteiger partial charge is 0.478 e. The highest BCUT2D eigenvalue weighted by atomic mass is 16.4. The summed E-state index contributed by atoms with van der Waals surface area (Å²) in [6.45, 7) is 6.29. The van der Waals surface area contributed by atoms with E-state index in [1.165, 1.54) is 60.0 Å². The van der Waals surface area contributed by atoms with Crippen molar-refractivity contribution in [3.8, 4) is 11.3 Å². The van der Waals surface area contributed by atoms with Crippen molar-refractivity contribution in [2.45, 2.75) is 64.5 Å². The van der Waals surface area contributed by atoms with Gasteiger partial charge < -0.3 is 14.6 Å². The normalized spacial score (nSPS) is 17.1. The first kappa shape index (κ1) is 19.2. The van der Waals surface area contributed by atoms with E-state index in [9.17, 15) is 9.90 Å². The van der Waals surface area contributed by atoms with Gasteiger partial charge in [0.05, 0.1) is 11.3 Å². The average molecular weight is 403 g/mol. The third-order valence-corrected chi connectivity index (χ3v) is 7.02. The second-order valence-electron chi connectivity index (χ2n) is 9.09. The fraction of sp³-hybridized carbons (Fsp3) is 0.423. The Hall–Kier alpha value is -2.75. The summed E-state index contributed by atoms with van der Waals surface area (Å²) in [5.41, 5.74) is 6.79. The van der Waals surface area contributed by atoms with Crippen LogP contribution in [0.15, 0.2) is 42.5 Å². The molecule has 30 heavy (non-hydrogen) atoms. The average Bonchev–Trinajstić information content (AvgIpc) is 2.97. The SMILES string of the molecule is CC(C)N1CCn2c(c(C3CCCCC3)c3ccc(C(=O)O)cc32)-c2ccccc21. The topological polar surface area (TPSA) is 45.5 Å². The number of rotatable bonds is 3. The Morgan fingerprint density at radius 1 is 1.03 bits per heavy atom. The van der Waals surface area contributed by atoms with Crippen LogP contribution in [0, 0.1) is 0 Å². The second kappa shape index (κ2) is 7.50. The van der Waals surface area contributed by atoms with Gasteiger partial charge in [-0.2, -0.15) is 0 Å². The number of carboxylic acids is 1. The van der Waals surface area contributed by atoms with Gasteiger partial charge in [-0.1, -0.05) is 43.5 Å². The van der Waals surface area contributed by atoms with E-state index in [2.05, 4.69) is 53.6 Å². The number of aromatic carboxylic acids is 1. The van der Waals surface area contributed by atoms with Gasteiger partial charge in [-0.25, -0.2) is 4.79 Å². The number of nitrogens with zero attached hydrogens (tertiary/aromatic N) is 2. The number of fused-ring (bicyclic) bond motifs is 5. The molecule has 1 aliphatic heterocycles. The van der Waals surface area contributed by atoms with Gasteiger partial charge in [0, 0.05) is 41.3 Å². The fourth-order valence-electron chi connectivity index (χ4n) is 5.63. The summed E-state index contributed by atoms with van der Waals surface area (Å²) in [4.78, 5) is 14.2. The van der Waals surface area contributed by atoms with Gasteiger partial charge in [-0.3, -0.25) is 0 Å². The molecule has 4 heteroatoms. The molecule has 1 aromatic heterocycles. The van der Waals surface area contributed by atoms with Crippen LogP contribution in [0.4, 0.5) is 5.69 Å². The lowest BCUT2D eigenvalue weighted by Crippen LogP contribution is -2.32. The van der Waals surface area contributed by atoms with E-state index in [0.717, 1.165) is 18.6 Å². The highest BCUT2D eigenvalue weighted by molar-refractivity contribution is 5.99. The Morgan fingerprint density at radius 3 is 2.53 bits per heavy atom. The molecule has 156 valence electrons. The first-order chi connectivity index (χ1) is 14.6. The summed E-state index contributed by atoms with van der Waals surface area (Å²) >= 11 is 0. The molecule has 0 unspecified atom stereocenters. The Labute approximate surface area is 178 Å². The molecule has 0 bridgehead atoms. The number of anilines is 1. The molecule has 1 saturated carbocycles. The Bertz CT molecular complexity index is 1110. The van der Waals surface area contributed by atoms with Crippen LogP contribution in [0.3, 0.4) is 0 Å². The van der Waals surface area contributed by atoms with E-state index in [4.69, 9.17) is 0 Å². The molecule has 4 nitrogen and oxygen atoms in total. The minimum Gasteiger partial charge on any atom is -0.478 e. The molecule has 0 amide bonds. The van der Waals surface area contributed by atoms with E-state index in [-0.39, 0.29) is 0 Å². The fourth-order valence-corrected chi connectivity index (χ4v) is 5.63. The molecule has 3 aromatic rings. The minimum absolute atomic E-state index is 0.372. The van der Waals surface area contributed by atoms with E-state index in [1.54, 1.807) is 6.07 Å². The molecule has 2 aromatic carbocycles. The van der Waals surface area contributed by atoms with Crippen LogP contribution in [0.2, 0.25) is 0 Å². The Morgan fingerprint density at radius 2 is 1.80 bits per heavy atom. The van der Waals surface area contributed by atoms with Crippen molar-refractivity contribution in [1.82, 2.24) is 4.57 Å². The number of hydrogen-bond donors (Lipinski definition) is 1. The summed E-state index contributed by atoms with van der Waals surface area (Å²) in [6, 6.07) is 14.9.